The van der Waals surface area contributed by atoms with Gasteiger partial charge in [0, 0.05) is 18.5 Å². The third-order valence-corrected chi connectivity index (χ3v) is 4.73. The van der Waals surface area contributed by atoms with Gasteiger partial charge in [0.15, 0.2) is 6.61 Å². The lowest BCUT2D eigenvalue weighted by atomic mass is 10.2. The normalized spacial score (nSPS) is 11.2. The third kappa shape index (κ3) is 4.77. The maximum Gasteiger partial charge on any atom is 0.306 e. The number of aryl methyl sites for hydroxylation is 1. The van der Waals surface area contributed by atoms with Gasteiger partial charge >= 0.3 is 5.97 Å². The predicted molar refractivity (Wildman–Crippen MR) is 96.0 cm³/mol. The number of thiazole rings is 1. The van der Waals surface area contributed by atoms with Crippen molar-refractivity contribution in [2.24, 2.45) is 0 Å². The molecule has 1 aromatic heterocycles. The molecule has 0 aliphatic rings. The average Bonchev–Trinajstić information content (AvgIpc) is 2.93. The molecule has 0 spiro atoms. The zero-order valence-corrected chi connectivity index (χ0v) is 15.4. The number of hydrogen-bond acceptors (Lipinski definition) is 5. The van der Waals surface area contributed by atoms with Crippen molar-refractivity contribution in [2.75, 3.05) is 6.61 Å². The van der Waals surface area contributed by atoms with Gasteiger partial charge in [-0.3, -0.25) is 9.59 Å². The lowest BCUT2D eigenvalue weighted by Gasteiger charge is -2.30. The Morgan fingerprint density at radius 2 is 1.83 bits per heavy atom. The first-order valence-corrected chi connectivity index (χ1v) is 9.01. The summed E-state index contributed by atoms with van der Waals surface area (Å²) in [6, 6.07) is 8.05. The number of amides is 1. The van der Waals surface area contributed by atoms with E-state index in [1.807, 2.05) is 52.0 Å². The minimum absolute atomic E-state index is 0.0824. The Hall–Kier alpha value is -1.95. The van der Waals surface area contributed by atoms with Crippen molar-refractivity contribution >= 4 is 33.4 Å². The Morgan fingerprint density at radius 1 is 1.17 bits per heavy atom. The molecular weight excluding hydrogens is 324 g/mol. The van der Waals surface area contributed by atoms with Gasteiger partial charge in [0.25, 0.3) is 5.91 Å². The molecule has 24 heavy (non-hydrogen) atoms. The molecule has 0 saturated heterocycles. The molecule has 5 nitrogen and oxygen atoms in total. The van der Waals surface area contributed by atoms with Crippen molar-refractivity contribution < 1.29 is 14.3 Å². The van der Waals surface area contributed by atoms with Crippen LogP contribution in [0, 0.1) is 0 Å². The van der Waals surface area contributed by atoms with Crippen LogP contribution in [-0.4, -0.2) is 40.5 Å². The number of para-hydroxylation sites is 1. The average molecular weight is 348 g/mol. The molecule has 2 rings (SSSR count). The zero-order chi connectivity index (χ0) is 17.7. The number of rotatable bonds is 7. The van der Waals surface area contributed by atoms with Crippen molar-refractivity contribution in [1.29, 1.82) is 0 Å². The molecule has 0 unspecified atom stereocenters. The van der Waals surface area contributed by atoms with E-state index in [1.54, 1.807) is 16.2 Å². The minimum Gasteiger partial charge on any atom is -0.456 e. The van der Waals surface area contributed by atoms with Crippen LogP contribution in [0.2, 0.25) is 0 Å². The Balaban J connectivity index is 1.81. The monoisotopic (exact) mass is 348 g/mol. The quantitative estimate of drug-likeness (QED) is 0.720. The maximum absolute atomic E-state index is 12.2. The highest BCUT2D eigenvalue weighted by molar-refractivity contribution is 7.18. The van der Waals surface area contributed by atoms with Crippen LogP contribution < -0.4 is 0 Å². The highest BCUT2D eigenvalue weighted by Crippen LogP contribution is 2.22. The van der Waals surface area contributed by atoms with E-state index in [2.05, 4.69) is 4.98 Å². The van der Waals surface area contributed by atoms with Gasteiger partial charge < -0.3 is 9.64 Å². The van der Waals surface area contributed by atoms with Crippen molar-refractivity contribution in [3.05, 3.63) is 29.3 Å². The van der Waals surface area contributed by atoms with E-state index < -0.39 is 0 Å². The van der Waals surface area contributed by atoms with E-state index in [1.165, 1.54) is 0 Å². The lowest BCUT2D eigenvalue weighted by molar-refractivity contribution is -0.153. The summed E-state index contributed by atoms with van der Waals surface area (Å²) in [4.78, 5) is 30.3. The molecule has 0 radical (unpaired) electrons. The predicted octanol–water partition coefficient (Wildman–Crippen LogP) is 3.42. The first kappa shape index (κ1) is 18.4. The summed E-state index contributed by atoms with van der Waals surface area (Å²) < 4.78 is 6.24. The zero-order valence-electron chi connectivity index (χ0n) is 14.6. The molecule has 0 saturated carbocycles. The van der Waals surface area contributed by atoms with E-state index in [-0.39, 0.29) is 37.0 Å². The van der Waals surface area contributed by atoms with Gasteiger partial charge in [0.1, 0.15) is 0 Å². The topological polar surface area (TPSA) is 59.5 Å². The number of esters is 1. The molecule has 0 bridgehead atoms. The number of ether oxygens (including phenoxy) is 1. The van der Waals surface area contributed by atoms with E-state index in [9.17, 15) is 9.59 Å². The number of fused-ring (bicyclic) bond motifs is 1. The second-order valence-corrected chi connectivity index (χ2v) is 7.34. The molecule has 0 aliphatic heterocycles. The van der Waals surface area contributed by atoms with Gasteiger partial charge in [-0.1, -0.05) is 12.1 Å². The first-order valence-electron chi connectivity index (χ1n) is 8.19. The fourth-order valence-corrected chi connectivity index (χ4v) is 3.66. The molecule has 1 heterocycles. The van der Waals surface area contributed by atoms with E-state index in [0.29, 0.717) is 6.42 Å². The number of benzene rings is 1. The van der Waals surface area contributed by atoms with Crippen molar-refractivity contribution in [3.8, 4) is 0 Å². The van der Waals surface area contributed by atoms with Crippen molar-refractivity contribution in [3.63, 3.8) is 0 Å². The van der Waals surface area contributed by atoms with Gasteiger partial charge in [-0.05, 0) is 39.8 Å². The SMILES string of the molecule is CC(C)N(C(=O)COC(=O)CCc1nc2ccccc2s1)C(C)C. The molecule has 1 aromatic carbocycles. The Kier molecular flexibility index (Phi) is 6.31. The summed E-state index contributed by atoms with van der Waals surface area (Å²) in [5, 5.41) is 0.908. The molecule has 0 atom stereocenters. The van der Waals surface area contributed by atoms with Crippen LogP contribution in [0.1, 0.15) is 39.1 Å². The van der Waals surface area contributed by atoms with E-state index >= 15 is 0 Å². The number of nitrogens with zero attached hydrogens (tertiary/aromatic N) is 2. The van der Waals surface area contributed by atoms with Gasteiger partial charge in [0.2, 0.25) is 0 Å². The number of hydrogen-bond donors (Lipinski definition) is 0. The minimum atomic E-state index is -0.366. The van der Waals surface area contributed by atoms with Crippen LogP contribution in [0.4, 0.5) is 0 Å². The fourth-order valence-electron chi connectivity index (χ4n) is 2.70. The Labute approximate surface area is 146 Å². The van der Waals surface area contributed by atoms with Crippen LogP contribution in [-0.2, 0) is 20.7 Å². The van der Waals surface area contributed by atoms with Crippen LogP contribution in [0.25, 0.3) is 10.2 Å². The highest BCUT2D eigenvalue weighted by Gasteiger charge is 2.21. The Bertz CT molecular complexity index is 668. The summed E-state index contributed by atoms with van der Waals surface area (Å²) in [7, 11) is 0. The molecule has 0 N–H and O–H groups in total. The number of aromatic nitrogens is 1. The second kappa shape index (κ2) is 8.24. The molecule has 6 heteroatoms. The standard InChI is InChI=1S/C18H24N2O3S/c1-12(2)20(13(3)4)17(21)11-23-18(22)10-9-16-19-14-7-5-6-8-15(14)24-16/h5-8,12-13H,9-11H2,1-4H3. The van der Waals surface area contributed by atoms with Crippen LogP contribution in [0.5, 0.6) is 0 Å². The van der Waals surface area contributed by atoms with Crippen molar-refractivity contribution in [1.82, 2.24) is 9.88 Å². The molecule has 130 valence electrons. The number of carbonyl (C=O) groups is 2. The molecule has 0 fully saturated rings. The largest absolute Gasteiger partial charge is 0.456 e. The highest BCUT2D eigenvalue weighted by atomic mass is 32.1. The van der Waals surface area contributed by atoms with Gasteiger partial charge in [-0.25, -0.2) is 4.98 Å². The van der Waals surface area contributed by atoms with Gasteiger partial charge in [-0.15, -0.1) is 11.3 Å². The Morgan fingerprint density at radius 3 is 2.46 bits per heavy atom. The van der Waals surface area contributed by atoms with Crippen LogP contribution in [0.15, 0.2) is 24.3 Å². The summed E-state index contributed by atoms with van der Waals surface area (Å²) >= 11 is 1.58. The van der Waals surface area contributed by atoms with E-state index in [4.69, 9.17) is 4.74 Å². The molecule has 1 amide bonds. The molecule has 0 aliphatic carbocycles. The number of carbonyl (C=O) groups excluding carboxylic acids is 2. The van der Waals surface area contributed by atoms with Crippen LogP contribution in [0.3, 0.4) is 0 Å². The van der Waals surface area contributed by atoms with Crippen molar-refractivity contribution in [2.45, 2.75) is 52.6 Å². The van der Waals surface area contributed by atoms with Gasteiger partial charge in [0.05, 0.1) is 21.6 Å². The summed E-state index contributed by atoms with van der Waals surface area (Å²) in [6.07, 6.45) is 0.765. The van der Waals surface area contributed by atoms with E-state index in [0.717, 1.165) is 15.2 Å². The summed E-state index contributed by atoms with van der Waals surface area (Å²) in [6.45, 7) is 7.61. The van der Waals surface area contributed by atoms with Crippen LogP contribution >= 0.6 is 11.3 Å². The van der Waals surface area contributed by atoms with Gasteiger partial charge in [-0.2, -0.15) is 0 Å². The smallest absolute Gasteiger partial charge is 0.306 e. The molecule has 2 aromatic rings. The molecular formula is C18H24N2O3S. The maximum atomic E-state index is 12.2. The lowest BCUT2D eigenvalue weighted by Crippen LogP contribution is -2.44. The second-order valence-electron chi connectivity index (χ2n) is 6.22. The third-order valence-electron chi connectivity index (χ3n) is 3.64. The first-order chi connectivity index (χ1) is 11.4. The summed E-state index contributed by atoms with van der Waals surface area (Å²) in [5.41, 5.74) is 0.950. The summed E-state index contributed by atoms with van der Waals surface area (Å²) in [5.74, 6) is -0.525. The fraction of sp³-hybridized carbons (Fsp3) is 0.500.